The average molecular weight is 497 g/mol. The second-order valence-electron chi connectivity index (χ2n) is 8.35. The molecule has 5 rings (SSSR count). The third-order valence-electron chi connectivity index (χ3n) is 5.95. The van der Waals surface area contributed by atoms with E-state index >= 15 is 0 Å². The lowest BCUT2D eigenvalue weighted by Gasteiger charge is -2.21. The van der Waals surface area contributed by atoms with Crippen molar-refractivity contribution in [2.24, 2.45) is 0 Å². The summed E-state index contributed by atoms with van der Waals surface area (Å²) in [5.74, 6) is -0.421. The van der Waals surface area contributed by atoms with Crippen molar-refractivity contribution in [1.29, 1.82) is 0 Å². The van der Waals surface area contributed by atoms with Gasteiger partial charge in [0.1, 0.15) is 6.54 Å². The molecule has 0 saturated heterocycles. The molecule has 8 heteroatoms. The smallest absolute Gasteiger partial charge is 0.296 e. The number of fused-ring (bicyclic) bond motifs is 1. The number of carbonyl (C=O) groups excluding carboxylic acids is 1. The maximum absolute atomic E-state index is 13.7. The third kappa shape index (κ3) is 4.76. The van der Waals surface area contributed by atoms with E-state index in [4.69, 9.17) is 0 Å². The van der Waals surface area contributed by atoms with Gasteiger partial charge in [-0.2, -0.15) is 0 Å². The van der Waals surface area contributed by atoms with E-state index in [0.29, 0.717) is 17.4 Å². The summed E-state index contributed by atoms with van der Waals surface area (Å²) in [6.45, 7) is 1.96. The molecule has 0 atom stereocenters. The molecule has 0 saturated carbocycles. The van der Waals surface area contributed by atoms with Gasteiger partial charge in [-0.25, -0.2) is 9.78 Å². The molecule has 0 N–H and O–H groups in total. The number of benzene rings is 3. The molecule has 2 aromatic heterocycles. The number of rotatable bonds is 7. The Bertz CT molecular complexity index is 1600. The quantitative estimate of drug-likeness (QED) is 0.330. The molecular weight excluding hydrogens is 472 g/mol. The molecule has 7 nitrogen and oxygen atoms in total. The number of anilines is 2. The SMILES string of the molecule is CCc1ccc(N(C(=O)Cn2c(=O)ccn(Cc3ccccc3)c2=O)c2nc3ccccc3s2)cc1. The molecule has 0 spiro atoms. The van der Waals surface area contributed by atoms with Crippen LogP contribution in [-0.2, 0) is 24.3 Å². The minimum atomic E-state index is -0.537. The monoisotopic (exact) mass is 496 g/mol. The van der Waals surface area contributed by atoms with Gasteiger partial charge in [-0.15, -0.1) is 0 Å². The molecule has 180 valence electrons. The van der Waals surface area contributed by atoms with Crippen molar-refractivity contribution in [3.05, 3.63) is 123 Å². The van der Waals surface area contributed by atoms with Crippen molar-refractivity contribution in [3.8, 4) is 0 Å². The lowest BCUT2D eigenvalue weighted by Crippen LogP contribution is -2.43. The largest absolute Gasteiger partial charge is 0.331 e. The Morgan fingerprint density at radius 1 is 0.889 bits per heavy atom. The van der Waals surface area contributed by atoms with Crippen molar-refractivity contribution in [1.82, 2.24) is 14.1 Å². The van der Waals surface area contributed by atoms with Crippen LogP contribution in [0.4, 0.5) is 10.8 Å². The van der Waals surface area contributed by atoms with Crippen molar-refractivity contribution in [2.45, 2.75) is 26.4 Å². The predicted molar refractivity (Wildman–Crippen MR) is 143 cm³/mol. The highest BCUT2D eigenvalue weighted by Gasteiger charge is 2.23. The van der Waals surface area contributed by atoms with E-state index in [-0.39, 0.29) is 0 Å². The number of para-hydroxylation sites is 1. The van der Waals surface area contributed by atoms with Gasteiger partial charge in [0, 0.05) is 12.3 Å². The first kappa shape index (κ1) is 23.4. The average Bonchev–Trinajstić information content (AvgIpc) is 3.33. The highest BCUT2D eigenvalue weighted by atomic mass is 32.1. The fourth-order valence-electron chi connectivity index (χ4n) is 4.01. The Labute approximate surface area is 211 Å². The lowest BCUT2D eigenvalue weighted by molar-refractivity contribution is -0.118. The molecule has 5 aromatic rings. The van der Waals surface area contributed by atoms with Crippen molar-refractivity contribution in [2.75, 3.05) is 4.90 Å². The van der Waals surface area contributed by atoms with Gasteiger partial charge in [0.05, 0.1) is 22.4 Å². The Kier molecular flexibility index (Phi) is 6.60. The summed E-state index contributed by atoms with van der Waals surface area (Å²) in [5, 5.41) is 0.485. The number of hydrogen-bond donors (Lipinski definition) is 0. The molecule has 0 unspecified atom stereocenters. The van der Waals surface area contributed by atoms with Gasteiger partial charge in [-0.3, -0.25) is 23.6 Å². The number of hydrogen-bond acceptors (Lipinski definition) is 5. The molecule has 0 bridgehead atoms. The van der Waals surface area contributed by atoms with Gasteiger partial charge in [-0.05, 0) is 41.8 Å². The Hall–Kier alpha value is -4.30. The maximum atomic E-state index is 13.7. The molecule has 0 aliphatic carbocycles. The summed E-state index contributed by atoms with van der Waals surface area (Å²) in [5.41, 5.74) is 2.41. The van der Waals surface area contributed by atoms with Crippen molar-refractivity contribution >= 4 is 38.3 Å². The number of aryl methyl sites for hydroxylation is 1. The predicted octanol–water partition coefficient (Wildman–Crippen LogP) is 4.60. The van der Waals surface area contributed by atoms with Crippen LogP contribution in [0.15, 0.2) is 101 Å². The van der Waals surface area contributed by atoms with Gasteiger partial charge in [0.25, 0.3) is 11.5 Å². The molecule has 2 heterocycles. The molecule has 0 aliphatic rings. The van der Waals surface area contributed by atoms with Crippen LogP contribution in [-0.4, -0.2) is 20.0 Å². The number of thiazole rings is 1. The van der Waals surface area contributed by atoms with Gasteiger partial charge < -0.3 is 0 Å². The lowest BCUT2D eigenvalue weighted by atomic mass is 10.1. The zero-order valence-corrected chi connectivity index (χ0v) is 20.5. The highest BCUT2D eigenvalue weighted by Crippen LogP contribution is 2.33. The Morgan fingerprint density at radius 2 is 1.61 bits per heavy atom. The summed E-state index contributed by atoms with van der Waals surface area (Å²) in [4.78, 5) is 45.7. The molecule has 0 fully saturated rings. The fourth-order valence-corrected chi connectivity index (χ4v) is 5.01. The Balaban J connectivity index is 1.53. The second-order valence-corrected chi connectivity index (χ2v) is 9.36. The van der Waals surface area contributed by atoms with Crippen LogP contribution in [0.3, 0.4) is 0 Å². The molecular formula is C28H24N4O3S. The topological polar surface area (TPSA) is 77.2 Å². The second kappa shape index (κ2) is 10.1. The summed E-state index contributed by atoms with van der Waals surface area (Å²) in [7, 11) is 0. The molecule has 0 radical (unpaired) electrons. The van der Waals surface area contributed by atoms with Crippen LogP contribution in [0.2, 0.25) is 0 Å². The summed E-state index contributed by atoms with van der Waals surface area (Å²) in [6, 6.07) is 26.1. The van der Waals surface area contributed by atoms with Gasteiger partial charge in [-0.1, -0.05) is 72.9 Å². The molecule has 1 amide bonds. The number of aromatic nitrogens is 3. The van der Waals surface area contributed by atoms with E-state index < -0.39 is 23.7 Å². The van der Waals surface area contributed by atoms with Crippen molar-refractivity contribution < 1.29 is 4.79 Å². The van der Waals surface area contributed by atoms with E-state index in [9.17, 15) is 14.4 Å². The van der Waals surface area contributed by atoms with E-state index in [2.05, 4.69) is 11.9 Å². The number of carbonyl (C=O) groups is 1. The van der Waals surface area contributed by atoms with Crippen LogP contribution < -0.4 is 16.1 Å². The summed E-state index contributed by atoms with van der Waals surface area (Å²) >= 11 is 1.39. The van der Waals surface area contributed by atoms with Crippen LogP contribution in [0.1, 0.15) is 18.1 Å². The van der Waals surface area contributed by atoms with E-state index in [1.54, 1.807) is 0 Å². The number of amides is 1. The maximum Gasteiger partial charge on any atom is 0.331 e. The Morgan fingerprint density at radius 3 is 2.33 bits per heavy atom. The first-order chi connectivity index (χ1) is 17.5. The van der Waals surface area contributed by atoms with Crippen LogP contribution >= 0.6 is 11.3 Å². The zero-order chi connectivity index (χ0) is 25.1. The first-order valence-corrected chi connectivity index (χ1v) is 12.5. The zero-order valence-electron chi connectivity index (χ0n) is 19.7. The molecule has 3 aromatic carbocycles. The minimum absolute atomic E-state index is 0.300. The van der Waals surface area contributed by atoms with E-state index in [1.165, 1.54) is 33.1 Å². The first-order valence-electron chi connectivity index (χ1n) is 11.6. The molecule has 36 heavy (non-hydrogen) atoms. The minimum Gasteiger partial charge on any atom is -0.296 e. The van der Waals surface area contributed by atoms with Gasteiger partial charge in [0.2, 0.25) is 0 Å². The standard InChI is InChI=1S/C28H24N4O3S/c1-2-20-12-14-22(15-13-20)32(27-29-23-10-6-7-11-24(23)36-27)26(34)19-31-25(33)16-17-30(28(31)35)18-21-8-4-3-5-9-21/h3-17H,2,18-19H2,1H3. The van der Waals surface area contributed by atoms with E-state index in [0.717, 1.165) is 32.3 Å². The van der Waals surface area contributed by atoms with Crippen LogP contribution in [0.25, 0.3) is 10.2 Å². The van der Waals surface area contributed by atoms with Crippen molar-refractivity contribution in [3.63, 3.8) is 0 Å². The van der Waals surface area contributed by atoms with E-state index in [1.807, 2.05) is 78.9 Å². The molecule has 0 aliphatic heterocycles. The highest BCUT2D eigenvalue weighted by molar-refractivity contribution is 7.22. The normalized spacial score (nSPS) is 11.0. The number of nitrogens with zero attached hydrogens (tertiary/aromatic N) is 4. The van der Waals surface area contributed by atoms with Gasteiger partial charge in [0.15, 0.2) is 5.13 Å². The van der Waals surface area contributed by atoms with Crippen LogP contribution in [0.5, 0.6) is 0 Å². The third-order valence-corrected chi connectivity index (χ3v) is 6.98. The summed E-state index contributed by atoms with van der Waals surface area (Å²) < 4.78 is 3.35. The van der Waals surface area contributed by atoms with Gasteiger partial charge >= 0.3 is 5.69 Å². The summed E-state index contributed by atoms with van der Waals surface area (Å²) in [6.07, 6.45) is 2.34. The fraction of sp³-hybridized carbons (Fsp3) is 0.143. The van der Waals surface area contributed by atoms with Crippen LogP contribution in [0, 0.1) is 0 Å².